The number of hydrogen-bond donors (Lipinski definition) is 2. The Labute approximate surface area is 80.8 Å². The summed E-state index contributed by atoms with van der Waals surface area (Å²) >= 11 is 0. The third-order valence-corrected chi connectivity index (χ3v) is 1.91. The summed E-state index contributed by atoms with van der Waals surface area (Å²) < 4.78 is 0. The van der Waals surface area contributed by atoms with Gasteiger partial charge in [-0.3, -0.25) is 4.90 Å². The van der Waals surface area contributed by atoms with Crippen LogP contribution in [0.3, 0.4) is 0 Å². The summed E-state index contributed by atoms with van der Waals surface area (Å²) in [6.07, 6.45) is 1.08. The minimum absolute atomic E-state index is 0.169. The van der Waals surface area contributed by atoms with Crippen LogP contribution < -0.4 is 0 Å². The van der Waals surface area contributed by atoms with E-state index in [2.05, 4.69) is 9.80 Å². The Morgan fingerprint density at radius 1 is 0.846 bits per heavy atom. The van der Waals surface area contributed by atoms with Crippen molar-refractivity contribution in [3.63, 3.8) is 0 Å². The molecule has 0 amide bonds. The van der Waals surface area contributed by atoms with Crippen LogP contribution in [0.2, 0.25) is 0 Å². The number of aliphatic hydroxyl groups excluding tert-OH is 2. The number of aliphatic hydroxyl groups is 2. The first-order valence-corrected chi connectivity index (χ1v) is 4.79. The second kappa shape index (κ2) is 8.44. The van der Waals surface area contributed by atoms with Crippen LogP contribution in [0.1, 0.15) is 6.42 Å². The minimum atomic E-state index is 0.169. The van der Waals surface area contributed by atoms with Gasteiger partial charge in [-0.25, -0.2) is 0 Å². The van der Waals surface area contributed by atoms with Crippen LogP contribution in [-0.4, -0.2) is 73.5 Å². The van der Waals surface area contributed by atoms with Crippen LogP contribution in [0.4, 0.5) is 0 Å². The van der Waals surface area contributed by atoms with Gasteiger partial charge in [-0.05, 0) is 33.6 Å². The minimum Gasteiger partial charge on any atom is -0.395 e. The number of hydrogen-bond acceptors (Lipinski definition) is 4. The van der Waals surface area contributed by atoms with Gasteiger partial charge in [0.1, 0.15) is 0 Å². The molecule has 0 bridgehead atoms. The van der Waals surface area contributed by atoms with Gasteiger partial charge in [0.15, 0.2) is 0 Å². The Kier molecular flexibility index (Phi) is 8.33. The first kappa shape index (κ1) is 12.8. The molecule has 0 spiro atoms. The zero-order valence-electron chi connectivity index (χ0n) is 8.74. The molecule has 0 radical (unpaired) electrons. The van der Waals surface area contributed by atoms with Crippen molar-refractivity contribution < 1.29 is 10.2 Å². The molecule has 0 unspecified atom stereocenters. The lowest BCUT2D eigenvalue weighted by Gasteiger charge is -2.20. The summed E-state index contributed by atoms with van der Waals surface area (Å²) in [5.41, 5.74) is 0. The average molecular weight is 190 g/mol. The van der Waals surface area contributed by atoms with E-state index in [-0.39, 0.29) is 13.2 Å². The summed E-state index contributed by atoms with van der Waals surface area (Å²) in [4.78, 5) is 4.21. The fraction of sp³-hybridized carbons (Fsp3) is 1.00. The van der Waals surface area contributed by atoms with Crippen molar-refractivity contribution in [2.75, 3.05) is 53.5 Å². The number of rotatable bonds is 8. The SMILES string of the molecule is CN(C)CCCN(CCO)CCO. The highest BCUT2D eigenvalue weighted by molar-refractivity contribution is 4.57. The van der Waals surface area contributed by atoms with E-state index in [0.717, 1.165) is 19.5 Å². The molecular formula is C9H22N2O2. The summed E-state index contributed by atoms with van der Waals surface area (Å²) in [5, 5.41) is 17.5. The third kappa shape index (κ3) is 8.18. The first-order valence-electron chi connectivity index (χ1n) is 4.79. The van der Waals surface area contributed by atoms with Crippen LogP contribution in [0, 0.1) is 0 Å². The number of nitrogens with zero attached hydrogens (tertiary/aromatic N) is 2. The van der Waals surface area contributed by atoms with Gasteiger partial charge in [0.2, 0.25) is 0 Å². The standard InChI is InChI=1S/C9H22N2O2/c1-10(2)4-3-5-11(6-8-12)7-9-13/h12-13H,3-9H2,1-2H3. The van der Waals surface area contributed by atoms with E-state index in [1.54, 1.807) is 0 Å². The fourth-order valence-electron chi connectivity index (χ4n) is 1.23. The summed E-state index contributed by atoms with van der Waals surface area (Å²) in [5.74, 6) is 0. The zero-order valence-corrected chi connectivity index (χ0v) is 8.74. The summed E-state index contributed by atoms with van der Waals surface area (Å²) in [6, 6.07) is 0. The van der Waals surface area contributed by atoms with Gasteiger partial charge in [0.25, 0.3) is 0 Å². The highest BCUT2D eigenvalue weighted by atomic mass is 16.3. The van der Waals surface area contributed by atoms with E-state index in [0.29, 0.717) is 13.1 Å². The second-order valence-electron chi connectivity index (χ2n) is 3.45. The van der Waals surface area contributed by atoms with E-state index >= 15 is 0 Å². The molecule has 0 aromatic carbocycles. The van der Waals surface area contributed by atoms with E-state index in [9.17, 15) is 0 Å². The van der Waals surface area contributed by atoms with Gasteiger partial charge in [-0.1, -0.05) is 0 Å². The average Bonchev–Trinajstić information content (AvgIpc) is 2.04. The van der Waals surface area contributed by atoms with Crippen LogP contribution in [0.5, 0.6) is 0 Å². The maximum absolute atomic E-state index is 8.74. The highest BCUT2D eigenvalue weighted by Gasteiger charge is 2.02. The van der Waals surface area contributed by atoms with Gasteiger partial charge in [-0.15, -0.1) is 0 Å². The maximum atomic E-state index is 8.74. The van der Waals surface area contributed by atoms with Crippen LogP contribution >= 0.6 is 0 Å². The Morgan fingerprint density at radius 2 is 1.38 bits per heavy atom. The summed E-state index contributed by atoms with van der Waals surface area (Å²) in [6.45, 7) is 3.65. The van der Waals surface area contributed by atoms with Crippen LogP contribution in [0.15, 0.2) is 0 Å². The molecule has 80 valence electrons. The molecule has 0 fully saturated rings. The molecule has 0 rings (SSSR count). The molecule has 2 N–H and O–H groups in total. The molecule has 0 atom stereocenters. The fourth-order valence-corrected chi connectivity index (χ4v) is 1.23. The second-order valence-corrected chi connectivity index (χ2v) is 3.45. The molecule has 0 aliphatic heterocycles. The maximum Gasteiger partial charge on any atom is 0.0558 e. The Hall–Kier alpha value is -0.160. The van der Waals surface area contributed by atoms with Crippen molar-refractivity contribution in [3.8, 4) is 0 Å². The Morgan fingerprint density at radius 3 is 1.77 bits per heavy atom. The van der Waals surface area contributed by atoms with Gasteiger partial charge >= 0.3 is 0 Å². The molecule has 13 heavy (non-hydrogen) atoms. The van der Waals surface area contributed by atoms with Gasteiger partial charge in [-0.2, -0.15) is 0 Å². The van der Waals surface area contributed by atoms with Gasteiger partial charge < -0.3 is 15.1 Å². The van der Waals surface area contributed by atoms with E-state index in [1.165, 1.54) is 0 Å². The van der Waals surface area contributed by atoms with Gasteiger partial charge in [0.05, 0.1) is 13.2 Å². The van der Waals surface area contributed by atoms with Crippen LogP contribution in [-0.2, 0) is 0 Å². The monoisotopic (exact) mass is 190 g/mol. The molecule has 0 saturated heterocycles. The van der Waals surface area contributed by atoms with Gasteiger partial charge in [0, 0.05) is 13.1 Å². The largest absolute Gasteiger partial charge is 0.395 e. The van der Waals surface area contributed by atoms with Crippen molar-refractivity contribution >= 4 is 0 Å². The van der Waals surface area contributed by atoms with E-state index in [1.807, 2.05) is 14.1 Å². The molecule has 0 aliphatic carbocycles. The lowest BCUT2D eigenvalue weighted by atomic mass is 10.3. The molecule has 0 aliphatic rings. The molecule has 0 aromatic rings. The van der Waals surface area contributed by atoms with E-state index in [4.69, 9.17) is 10.2 Å². The predicted molar refractivity (Wildman–Crippen MR) is 53.8 cm³/mol. The zero-order chi connectivity index (χ0) is 10.1. The molecule has 0 heterocycles. The molecule has 4 nitrogen and oxygen atoms in total. The topological polar surface area (TPSA) is 46.9 Å². The smallest absolute Gasteiger partial charge is 0.0558 e. The van der Waals surface area contributed by atoms with E-state index < -0.39 is 0 Å². The summed E-state index contributed by atoms with van der Waals surface area (Å²) in [7, 11) is 4.09. The predicted octanol–water partition coefficient (Wildman–Crippen LogP) is -0.775. The van der Waals surface area contributed by atoms with Crippen molar-refractivity contribution in [2.24, 2.45) is 0 Å². The van der Waals surface area contributed by atoms with Crippen molar-refractivity contribution in [2.45, 2.75) is 6.42 Å². The highest BCUT2D eigenvalue weighted by Crippen LogP contribution is 1.91. The lowest BCUT2D eigenvalue weighted by Crippen LogP contribution is -2.32. The molecular weight excluding hydrogens is 168 g/mol. The molecule has 0 aromatic heterocycles. The first-order chi connectivity index (χ1) is 6.20. The van der Waals surface area contributed by atoms with Crippen molar-refractivity contribution in [1.82, 2.24) is 9.80 Å². The molecule has 0 saturated carbocycles. The lowest BCUT2D eigenvalue weighted by molar-refractivity contribution is 0.157. The quantitative estimate of drug-likeness (QED) is 0.527. The molecule has 4 heteroatoms. The van der Waals surface area contributed by atoms with Crippen LogP contribution in [0.25, 0.3) is 0 Å². The third-order valence-electron chi connectivity index (χ3n) is 1.91. The van der Waals surface area contributed by atoms with Crippen molar-refractivity contribution in [1.29, 1.82) is 0 Å². The van der Waals surface area contributed by atoms with Crippen molar-refractivity contribution in [3.05, 3.63) is 0 Å². The normalized spacial score (nSPS) is 11.5. The Bertz CT molecular complexity index is 104. The Balaban J connectivity index is 3.44.